The topological polar surface area (TPSA) is 96.0 Å². The third-order valence-corrected chi connectivity index (χ3v) is 4.70. The van der Waals surface area contributed by atoms with Gasteiger partial charge in [0.05, 0.1) is 7.11 Å². The van der Waals surface area contributed by atoms with Gasteiger partial charge in [-0.05, 0) is 37.1 Å². The van der Waals surface area contributed by atoms with Crippen molar-refractivity contribution in [3.05, 3.63) is 24.3 Å². The lowest BCUT2D eigenvalue weighted by Crippen LogP contribution is -2.43. The van der Waals surface area contributed by atoms with E-state index in [1.807, 2.05) is 0 Å². The molecule has 0 atom stereocenters. The van der Waals surface area contributed by atoms with Crippen LogP contribution in [-0.2, 0) is 14.4 Å². The van der Waals surface area contributed by atoms with E-state index in [0.29, 0.717) is 24.3 Å². The van der Waals surface area contributed by atoms with E-state index in [1.54, 1.807) is 24.3 Å². The molecule has 138 valence electrons. The van der Waals surface area contributed by atoms with Crippen molar-refractivity contribution < 1.29 is 23.9 Å². The number of carbonyl (C=O) groups is 4. The third-order valence-electron chi connectivity index (χ3n) is 4.70. The lowest BCUT2D eigenvalue weighted by molar-refractivity contribution is -0.144. The standard InChI is InChI=1S/C18H21N3O5/c1-26-14-9-7-12(8-10-14)19-15(22)11-20-16(23)17(24)21(18(20)25)13-5-3-2-4-6-13/h7-10,13H,2-6,11H2,1H3,(H,19,22). The van der Waals surface area contributed by atoms with E-state index in [1.165, 1.54) is 7.11 Å². The van der Waals surface area contributed by atoms with Gasteiger partial charge < -0.3 is 10.1 Å². The minimum Gasteiger partial charge on any atom is -0.497 e. The van der Waals surface area contributed by atoms with Crippen molar-refractivity contribution in [2.24, 2.45) is 0 Å². The van der Waals surface area contributed by atoms with Crippen LogP contribution in [0.1, 0.15) is 32.1 Å². The van der Waals surface area contributed by atoms with Crippen molar-refractivity contribution in [2.45, 2.75) is 38.1 Å². The Labute approximate surface area is 151 Å². The summed E-state index contributed by atoms with van der Waals surface area (Å²) < 4.78 is 5.04. The first-order valence-electron chi connectivity index (χ1n) is 8.64. The maximum absolute atomic E-state index is 12.5. The lowest BCUT2D eigenvalue weighted by atomic mass is 9.94. The van der Waals surface area contributed by atoms with E-state index in [4.69, 9.17) is 4.74 Å². The summed E-state index contributed by atoms with van der Waals surface area (Å²) in [5, 5.41) is 2.60. The first kappa shape index (κ1) is 17.9. The first-order chi connectivity index (χ1) is 12.5. The fourth-order valence-corrected chi connectivity index (χ4v) is 3.34. The minimum atomic E-state index is -0.939. The lowest BCUT2D eigenvalue weighted by Gasteiger charge is -2.28. The van der Waals surface area contributed by atoms with Gasteiger partial charge in [-0.3, -0.25) is 19.3 Å². The average Bonchev–Trinajstić information content (AvgIpc) is 2.86. The molecule has 2 aliphatic rings. The van der Waals surface area contributed by atoms with E-state index >= 15 is 0 Å². The summed E-state index contributed by atoms with van der Waals surface area (Å²) >= 11 is 0. The number of methoxy groups -OCH3 is 1. The summed E-state index contributed by atoms with van der Waals surface area (Å²) in [5.74, 6) is -1.68. The quantitative estimate of drug-likeness (QED) is 0.638. The number of urea groups is 1. The molecular weight excluding hydrogens is 338 g/mol. The number of benzene rings is 1. The van der Waals surface area contributed by atoms with Crippen molar-refractivity contribution in [3.63, 3.8) is 0 Å². The van der Waals surface area contributed by atoms with Crippen molar-refractivity contribution >= 4 is 29.4 Å². The number of anilines is 1. The monoisotopic (exact) mass is 359 g/mol. The van der Waals surface area contributed by atoms with Crippen molar-refractivity contribution in [3.8, 4) is 5.75 Å². The molecule has 0 radical (unpaired) electrons. The predicted molar refractivity (Wildman–Crippen MR) is 92.5 cm³/mol. The molecule has 0 spiro atoms. The van der Waals surface area contributed by atoms with Crippen LogP contribution < -0.4 is 10.1 Å². The van der Waals surface area contributed by atoms with Crippen LogP contribution in [0.3, 0.4) is 0 Å². The highest BCUT2D eigenvalue weighted by molar-refractivity contribution is 6.45. The number of imide groups is 2. The van der Waals surface area contributed by atoms with Gasteiger partial charge in [-0.2, -0.15) is 0 Å². The fourth-order valence-electron chi connectivity index (χ4n) is 3.34. The third kappa shape index (κ3) is 3.54. The molecule has 0 bridgehead atoms. The van der Waals surface area contributed by atoms with Crippen LogP contribution in [0.5, 0.6) is 5.75 Å². The largest absolute Gasteiger partial charge is 0.497 e. The van der Waals surface area contributed by atoms with Gasteiger partial charge in [0.25, 0.3) is 0 Å². The zero-order chi connectivity index (χ0) is 18.7. The van der Waals surface area contributed by atoms with Crippen LogP contribution in [-0.4, -0.2) is 53.2 Å². The zero-order valence-electron chi connectivity index (χ0n) is 14.6. The Morgan fingerprint density at radius 2 is 1.73 bits per heavy atom. The Balaban J connectivity index is 1.64. The minimum absolute atomic E-state index is 0.248. The molecule has 1 saturated carbocycles. The molecule has 1 aliphatic carbocycles. The molecule has 1 N–H and O–H groups in total. The van der Waals surface area contributed by atoms with Crippen LogP contribution in [0.2, 0.25) is 0 Å². The Morgan fingerprint density at radius 3 is 2.35 bits per heavy atom. The highest BCUT2D eigenvalue weighted by Gasteiger charge is 2.48. The second kappa shape index (κ2) is 7.55. The molecule has 1 aliphatic heterocycles. The number of hydrogen-bond acceptors (Lipinski definition) is 5. The zero-order valence-corrected chi connectivity index (χ0v) is 14.6. The van der Waals surface area contributed by atoms with Gasteiger partial charge in [0.2, 0.25) is 5.91 Å². The van der Waals surface area contributed by atoms with Gasteiger partial charge in [-0.1, -0.05) is 19.3 Å². The number of rotatable bonds is 5. The molecule has 26 heavy (non-hydrogen) atoms. The van der Waals surface area contributed by atoms with E-state index in [-0.39, 0.29) is 6.04 Å². The van der Waals surface area contributed by atoms with Gasteiger partial charge in [0.15, 0.2) is 0 Å². The molecule has 2 fully saturated rings. The average molecular weight is 359 g/mol. The highest BCUT2D eigenvalue weighted by atomic mass is 16.5. The fraction of sp³-hybridized carbons (Fsp3) is 0.444. The van der Waals surface area contributed by atoms with Crippen LogP contribution in [0.4, 0.5) is 10.5 Å². The maximum atomic E-state index is 12.5. The van der Waals surface area contributed by atoms with Gasteiger partial charge in [0, 0.05) is 11.7 Å². The van der Waals surface area contributed by atoms with Crippen molar-refractivity contribution in [2.75, 3.05) is 19.0 Å². The van der Waals surface area contributed by atoms with E-state index in [0.717, 1.165) is 29.1 Å². The molecule has 0 unspecified atom stereocenters. The number of hydrogen-bond donors (Lipinski definition) is 1. The van der Waals surface area contributed by atoms with Crippen LogP contribution in [0.15, 0.2) is 24.3 Å². The molecule has 3 rings (SSSR count). The number of carbonyl (C=O) groups excluding carboxylic acids is 4. The summed E-state index contributed by atoms with van der Waals surface area (Å²) in [6, 6.07) is 5.69. The van der Waals surface area contributed by atoms with Crippen molar-refractivity contribution in [1.29, 1.82) is 0 Å². The summed E-state index contributed by atoms with van der Waals surface area (Å²) in [4.78, 5) is 50.8. The second-order valence-corrected chi connectivity index (χ2v) is 6.42. The smallest absolute Gasteiger partial charge is 0.334 e. The molecule has 1 heterocycles. The van der Waals surface area contributed by atoms with Crippen LogP contribution >= 0.6 is 0 Å². The second-order valence-electron chi connectivity index (χ2n) is 6.42. The molecule has 1 saturated heterocycles. The number of nitrogens with one attached hydrogen (secondary N) is 1. The molecule has 1 aromatic rings. The summed E-state index contributed by atoms with van der Waals surface area (Å²) in [6.45, 7) is -0.487. The van der Waals surface area contributed by atoms with E-state index in [2.05, 4.69) is 5.32 Å². The van der Waals surface area contributed by atoms with Gasteiger partial charge in [-0.15, -0.1) is 0 Å². The number of amides is 5. The van der Waals surface area contributed by atoms with Gasteiger partial charge >= 0.3 is 17.8 Å². The highest BCUT2D eigenvalue weighted by Crippen LogP contribution is 2.26. The molecule has 5 amide bonds. The first-order valence-corrected chi connectivity index (χ1v) is 8.64. The molecular formula is C18H21N3O5. The maximum Gasteiger partial charge on any atom is 0.334 e. The van der Waals surface area contributed by atoms with E-state index in [9.17, 15) is 19.2 Å². The number of ether oxygens (including phenoxy) is 1. The molecule has 8 heteroatoms. The van der Waals surface area contributed by atoms with Crippen LogP contribution in [0, 0.1) is 0 Å². The summed E-state index contributed by atoms with van der Waals surface area (Å²) in [6.07, 6.45) is 4.32. The predicted octanol–water partition coefficient (Wildman–Crippen LogP) is 1.76. The summed E-state index contributed by atoms with van der Waals surface area (Å²) in [5.41, 5.74) is 0.505. The van der Waals surface area contributed by atoms with Crippen molar-refractivity contribution in [1.82, 2.24) is 9.80 Å². The van der Waals surface area contributed by atoms with Gasteiger partial charge in [0.1, 0.15) is 12.3 Å². The SMILES string of the molecule is COc1ccc(NC(=O)CN2C(=O)C(=O)N(C3CCCCC3)C2=O)cc1. The molecule has 0 aromatic heterocycles. The molecule has 8 nitrogen and oxygen atoms in total. The normalized spacial score (nSPS) is 18.4. The van der Waals surface area contributed by atoms with E-state index < -0.39 is 30.3 Å². The Morgan fingerprint density at radius 1 is 1.08 bits per heavy atom. The Hall–Kier alpha value is -2.90. The Kier molecular flexibility index (Phi) is 5.20. The number of nitrogens with zero attached hydrogens (tertiary/aromatic N) is 2. The summed E-state index contributed by atoms with van der Waals surface area (Å²) in [7, 11) is 1.53. The van der Waals surface area contributed by atoms with Gasteiger partial charge in [-0.25, -0.2) is 9.69 Å². The van der Waals surface area contributed by atoms with Crippen LogP contribution in [0.25, 0.3) is 0 Å². The Bertz CT molecular complexity index is 725. The molecule has 1 aromatic carbocycles.